The van der Waals surface area contributed by atoms with Crippen LogP contribution in [0.4, 0.5) is 4.79 Å². The van der Waals surface area contributed by atoms with Crippen LogP contribution in [0, 0.1) is 0 Å². The van der Waals surface area contributed by atoms with Crippen molar-refractivity contribution in [1.29, 1.82) is 0 Å². The van der Waals surface area contributed by atoms with Crippen LogP contribution in [-0.4, -0.2) is 35.3 Å². The molecule has 4 amide bonds. The first-order chi connectivity index (χ1) is 13.4. The van der Waals surface area contributed by atoms with Gasteiger partial charge in [0.05, 0.1) is 12.8 Å². The fourth-order valence-corrected chi connectivity index (χ4v) is 3.41. The maximum atomic E-state index is 12.4. The van der Waals surface area contributed by atoms with Crippen LogP contribution in [0.1, 0.15) is 24.2 Å². The molecule has 0 spiro atoms. The number of amides is 4. The van der Waals surface area contributed by atoms with Gasteiger partial charge in [-0.2, -0.15) is 0 Å². The van der Waals surface area contributed by atoms with Crippen molar-refractivity contribution < 1.29 is 18.8 Å². The van der Waals surface area contributed by atoms with Crippen molar-refractivity contribution in [1.82, 2.24) is 15.5 Å². The molecule has 1 aliphatic heterocycles. The molecule has 0 aliphatic carbocycles. The number of rotatable bonds is 8. The average Bonchev–Trinajstić information content (AvgIpc) is 3.26. The van der Waals surface area contributed by atoms with Crippen LogP contribution < -0.4 is 10.6 Å². The highest BCUT2D eigenvalue weighted by atomic mass is 35.5. The smallest absolute Gasteiger partial charge is 0.325 e. The lowest BCUT2D eigenvalue weighted by atomic mass is 10.1. The maximum Gasteiger partial charge on any atom is 0.325 e. The van der Waals surface area contributed by atoms with Gasteiger partial charge in [0.1, 0.15) is 11.8 Å². The van der Waals surface area contributed by atoms with Crippen LogP contribution >= 0.6 is 23.2 Å². The number of nitrogens with zero attached hydrogens (tertiary/aromatic N) is 1. The number of hydrogen-bond acceptors (Lipinski definition) is 4. The number of halogens is 2. The third-order valence-corrected chi connectivity index (χ3v) is 4.98. The van der Waals surface area contributed by atoms with Gasteiger partial charge in [-0.1, -0.05) is 29.3 Å². The predicted molar refractivity (Wildman–Crippen MR) is 104 cm³/mol. The highest BCUT2D eigenvalue weighted by Crippen LogP contribution is 2.21. The summed E-state index contributed by atoms with van der Waals surface area (Å²) in [6.07, 6.45) is 2.40. The Morgan fingerprint density at radius 2 is 2.07 bits per heavy atom. The van der Waals surface area contributed by atoms with Crippen LogP contribution in [0.3, 0.4) is 0 Å². The molecule has 2 heterocycles. The number of carbonyl (C=O) groups is 3. The van der Waals surface area contributed by atoms with Crippen LogP contribution in [0.15, 0.2) is 41.0 Å². The summed E-state index contributed by atoms with van der Waals surface area (Å²) in [4.78, 5) is 37.5. The summed E-state index contributed by atoms with van der Waals surface area (Å²) in [6, 6.07) is 7.40. The van der Waals surface area contributed by atoms with Gasteiger partial charge in [0.25, 0.3) is 5.91 Å². The van der Waals surface area contributed by atoms with Crippen molar-refractivity contribution >= 4 is 41.0 Å². The van der Waals surface area contributed by atoms with E-state index in [9.17, 15) is 14.4 Å². The topological polar surface area (TPSA) is 91.7 Å². The van der Waals surface area contributed by atoms with Gasteiger partial charge < -0.3 is 15.1 Å². The van der Waals surface area contributed by atoms with E-state index in [-0.39, 0.29) is 31.2 Å². The monoisotopic (exact) mass is 423 g/mol. The van der Waals surface area contributed by atoms with Crippen molar-refractivity contribution in [2.45, 2.75) is 31.8 Å². The minimum Gasteiger partial charge on any atom is -0.467 e. The van der Waals surface area contributed by atoms with Crippen LogP contribution in [-0.2, 0) is 22.6 Å². The Balaban J connectivity index is 1.41. The molecule has 7 nitrogen and oxygen atoms in total. The number of benzene rings is 1. The van der Waals surface area contributed by atoms with Gasteiger partial charge in [0.2, 0.25) is 5.91 Å². The van der Waals surface area contributed by atoms with Crippen molar-refractivity contribution in [2.24, 2.45) is 0 Å². The number of furan rings is 1. The zero-order valence-electron chi connectivity index (χ0n) is 14.9. The lowest BCUT2D eigenvalue weighted by molar-refractivity contribution is -0.128. The zero-order valence-corrected chi connectivity index (χ0v) is 16.4. The molecule has 1 aromatic carbocycles. The van der Waals surface area contributed by atoms with Gasteiger partial charge in [0, 0.05) is 23.0 Å². The largest absolute Gasteiger partial charge is 0.467 e. The van der Waals surface area contributed by atoms with Crippen molar-refractivity contribution in [2.75, 3.05) is 6.54 Å². The van der Waals surface area contributed by atoms with Gasteiger partial charge >= 0.3 is 6.03 Å². The Morgan fingerprint density at radius 1 is 1.25 bits per heavy atom. The molecule has 1 aromatic heterocycles. The quantitative estimate of drug-likeness (QED) is 0.637. The Hall–Kier alpha value is -2.51. The SMILES string of the molecule is O=C(CC[C@@H]1NC(=O)N(Cc2ccco2)C1=O)NCCc1ccc(Cl)cc1Cl. The second-order valence-corrected chi connectivity index (χ2v) is 7.22. The fourth-order valence-electron chi connectivity index (χ4n) is 2.91. The van der Waals surface area contributed by atoms with Crippen LogP contribution in [0.25, 0.3) is 0 Å². The Bertz CT molecular complexity index is 870. The van der Waals surface area contributed by atoms with E-state index in [1.807, 2.05) is 6.07 Å². The van der Waals surface area contributed by atoms with Gasteiger partial charge in [-0.3, -0.25) is 14.5 Å². The van der Waals surface area contributed by atoms with E-state index in [1.165, 1.54) is 6.26 Å². The first kappa shape index (κ1) is 20.2. The lowest BCUT2D eigenvalue weighted by Gasteiger charge is -2.11. The molecule has 1 saturated heterocycles. The molecule has 28 heavy (non-hydrogen) atoms. The summed E-state index contributed by atoms with van der Waals surface area (Å²) >= 11 is 12.0. The van der Waals surface area contributed by atoms with E-state index in [2.05, 4.69) is 10.6 Å². The standard InChI is InChI=1S/C19H19Cl2N3O4/c20-13-4-3-12(15(21)10-13)7-8-22-17(25)6-5-16-18(26)24(19(27)23-16)11-14-2-1-9-28-14/h1-4,9-10,16H,5-8,11H2,(H,22,25)(H,23,27)/t16-/m0/s1. The summed E-state index contributed by atoms with van der Waals surface area (Å²) < 4.78 is 5.17. The Morgan fingerprint density at radius 3 is 2.79 bits per heavy atom. The van der Waals surface area contributed by atoms with E-state index in [0.29, 0.717) is 28.8 Å². The van der Waals surface area contributed by atoms with E-state index >= 15 is 0 Å². The summed E-state index contributed by atoms with van der Waals surface area (Å²) in [5.74, 6) is -0.0403. The van der Waals surface area contributed by atoms with Crippen molar-refractivity contribution in [3.05, 3.63) is 58.0 Å². The summed E-state index contributed by atoms with van der Waals surface area (Å²) in [5.41, 5.74) is 0.887. The molecule has 1 atom stereocenters. The van der Waals surface area contributed by atoms with Crippen molar-refractivity contribution in [3.8, 4) is 0 Å². The molecule has 2 aromatic rings. The molecule has 0 bridgehead atoms. The second-order valence-electron chi connectivity index (χ2n) is 6.38. The molecule has 9 heteroatoms. The first-order valence-electron chi connectivity index (χ1n) is 8.79. The zero-order chi connectivity index (χ0) is 20.1. The number of hydrogen-bond donors (Lipinski definition) is 2. The fraction of sp³-hybridized carbons (Fsp3) is 0.316. The first-order valence-corrected chi connectivity index (χ1v) is 9.54. The number of nitrogens with one attached hydrogen (secondary N) is 2. The third-order valence-electron chi connectivity index (χ3n) is 4.39. The Kier molecular flexibility index (Phi) is 6.59. The van der Waals surface area contributed by atoms with Gasteiger partial charge in [0.15, 0.2) is 0 Å². The maximum absolute atomic E-state index is 12.4. The van der Waals surface area contributed by atoms with E-state index in [4.69, 9.17) is 27.6 Å². The van der Waals surface area contributed by atoms with E-state index < -0.39 is 12.1 Å². The normalized spacial score (nSPS) is 16.4. The Labute approximate surface area is 172 Å². The van der Waals surface area contributed by atoms with Crippen LogP contribution in [0.5, 0.6) is 0 Å². The molecular formula is C19H19Cl2N3O4. The summed E-state index contributed by atoms with van der Waals surface area (Å²) in [5, 5.41) is 6.50. The highest BCUT2D eigenvalue weighted by Gasteiger charge is 2.38. The molecule has 0 unspecified atom stereocenters. The molecule has 148 valence electrons. The van der Waals surface area contributed by atoms with Gasteiger partial charge in [-0.25, -0.2) is 4.79 Å². The summed E-state index contributed by atoms with van der Waals surface area (Å²) in [7, 11) is 0. The van der Waals surface area contributed by atoms with Gasteiger partial charge in [-0.15, -0.1) is 0 Å². The summed E-state index contributed by atoms with van der Waals surface area (Å²) in [6.45, 7) is 0.484. The van der Waals surface area contributed by atoms with Gasteiger partial charge in [-0.05, 0) is 42.7 Å². The minimum atomic E-state index is -0.709. The van der Waals surface area contributed by atoms with E-state index in [0.717, 1.165) is 10.5 Å². The molecule has 2 N–H and O–H groups in total. The minimum absolute atomic E-state index is 0.0716. The van der Waals surface area contributed by atoms with Crippen LogP contribution in [0.2, 0.25) is 10.0 Å². The second kappa shape index (κ2) is 9.12. The number of imide groups is 1. The molecule has 0 radical (unpaired) electrons. The molecule has 1 aliphatic rings. The molecule has 0 saturated carbocycles. The number of urea groups is 1. The number of carbonyl (C=O) groups excluding carboxylic acids is 3. The average molecular weight is 424 g/mol. The predicted octanol–water partition coefficient (Wildman–Crippen LogP) is 3.15. The molecule has 3 rings (SSSR count). The third kappa shape index (κ3) is 5.05. The van der Waals surface area contributed by atoms with Crippen molar-refractivity contribution in [3.63, 3.8) is 0 Å². The van der Waals surface area contributed by atoms with E-state index in [1.54, 1.807) is 24.3 Å². The molecule has 1 fully saturated rings. The highest BCUT2D eigenvalue weighted by molar-refractivity contribution is 6.35. The molecular weight excluding hydrogens is 405 g/mol. The lowest BCUT2D eigenvalue weighted by Crippen LogP contribution is -2.33.